The third-order valence-corrected chi connectivity index (χ3v) is 2.33. The Morgan fingerprint density at radius 2 is 2.20 bits per heavy atom. The van der Waals surface area contributed by atoms with Gasteiger partial charge in [0.15, 0.2) is 0 Å². The van der Waals surface area contributed by atoms with E-state index >= 15 is 0 Å². The van der Waals surface area contributed by atoms with Gasteiger partial charge in [-0.15, -0.1) is 11.3 Å². The predicted octanol–water partition coefficient (Wildman–Crippen LogP) is 1.18. The molecule has 0 aliphatic carbocycles. The van der Waals surface area contributed by atoms with Crippen molar-refractivity contribution in [2.45, 2.75) is 0 Å². The third kappa shape index (κ3) is 2.71. The van der Waals surface area contributed by atoms with E-state index < -0.39 is 22.4 Å². The zero-order valence-corrected chi connectivity index (χ0v) is 8.06. The topological polar surface area (TPSA) is 97.5 Å². The number of carbonyl (C=O) groups is 2. The average molecular weight is 227 g/mol. The summed E-state index contributed by atoms with van der Waals surface area (Å²) in [4.78, 5) is 31.1. The van der Waals surface area contributed by atoms with E-state index in [1.165, 1.54) is 6.07 Å². The highest BCUT2D eigenvalue weighted by Gasteiger charge is 2.22. The summed E-state index contributed by atoms with van der Waals surface area (Å²) in [5.74, 6) is -2.41. The molecule has 0 amide bonds. The first-order valence-electron chi connectivity index (χ1n) is 3.69. The molecule has 0 spiro atoms. The van der Waals surface area contributed by atoms with Crippen molar-refractivity contribution < 1.29 is 19.6 Å². The number of carbonyl (C=O) groups excluding carboxylic acids is 1. The fourth-order valence-electron chi connectivity index (χ4n) is 0.807. The fourth-order valence-corrected chi connectivity index (χ4v) is 1.44. The van der Waals surface area contributed by atoms with Crippen LogP contribution in [0.1, 0.15) is 9.67 Å². The molecule has 0 unspecified atom stereocenters. The summed E-state index contributed by atoms with van der Waals surface area (Å²) in [6.07, 6.45) is 0.508. The number of thiophene rings is 1. The summed E-state index contributed by atoms with van der Waals surface area (Å²) in [5.41, 5.74) is -1.13. The van der Waals surface area contributed by atoms with Crippen LogP contribution in [0.3, 0.4) is 0 Å². The van der Waals surface area contributed by atoms with Crippen LogP contribution < -0.4 is 0 Å². The summed E-state index contributed by atoms with van der Waals surface area (Å²) < 4.78 is 0. The second-order valence-corrected chi connectivity index (χ2v) is 3.38. The SMILES string of the molecule is O=C(O)C(=CC(=O)c1cccs1)[N+](=O)[O-]. The number of carboxylic acids is 1. The number of hydrogen-bond acceptors (Lipinski definition) is 5. The monoisotopic (exact) mass is 227 g/mol. The number of rotatable bonds is 4. The molecule has 0 saturated carbocycles. The minimum Gasteiger partial charge on any atom is -0.473 e. The normalized spacial score (nSPS) is 11.1. The van der Waals surface area contributed by atoms with Crippen LogP contribution in [-0.4, -0.2) is 21.8 Å². The van der Waals surface area contributed by atoms with E-state index in [2.05, 4.69) is 0 Å². The van der Waals surface area contributed by atoms with Crippen LogP contribution in [0, 0.1) is 10.1 Å². The summed E-state index contributed by atoms with van der Waals surface area (Å²) >= 11 is 1.09. The highest BCUT2D eigenvalue weighted by Crippen LogP contribution is 2.11. The van der Waals surface area contributed by atoms with E-state index in [-0.39, 0.29) is 4.88 Å². The molecule has 1 N–H and O–H groups in total. The molecule has 0 aliphatic heterocycles. The van der Waals surface area contributed by atoms with Gasteiger partial charge in [-0.05, 0) is 11.4 Å². The molecule has 0 aliphatic rings. The number of allylic oxidation sites excluding steroid dienone is 1. The molecule has 1 rings (SSSR count). The lowest BCUT2D eigenvalue weighted by molar-refractivity contribution is -0.420. The van der Waals surface area contributed by atoms with Gasteiger partial charge in [0.25, 0.3) is 0 Å². The summed E-state index contributed by atoms with van der Waals surface area (Å²) in [6, 6.07) is 3.06. The quantitative estimate of drug-likeness (QED) is 0.360. The Labute approximate surface area is 87.6 Å². The zero-order valence-electron chi connectivity index (χ0n) is 7.25. The van der Waals surface area contributed by atoms with Crippen LogP contribution in [0.15, 0.2) is 29.3 Å². The molecule has 7 heteroatoms. The van der Waals surface area contributed by atoms with Gasteiger partial charge in [-0.3, -0.25) is 14.9 Å². The summed E-state index contributed by atoms with van der Waals surface area (Å²) in [7, 11) is 0. The van der Waals surface area contributed by atoms with Crippen molar-refractivity contribution in [3.8, 4) is 0 Å². The second-order valence-electron chi connectivity index (χ2n) is 2.43. The summed E-state index contributed by atoms with van der Waals surface area (Å²) in [5, 5.41) is 20.3. The van der Waals surface area contributed by atoms with Gasteiger partial charge in [-0.2, -0.15) is 0 Å². The maximum Gasteiger partial charge on any atom is 0.407 e. The van der Waals surface area contributed by atoms with Crippen molar-refractivity contribution in [2.75, 3.05) is 0 Å². The smallest absolute Gasteiger partial charge is 0.407 e. The Morgan fingerprint density at radius 1 is 1.53 bits per heavy atom. The first-order valence-corrected chi connectivity index (χ1v) is 4.57. The van der Waals surface area contributed by atoms with Crippen molar-refractivity contribution >= 4 is 23.1 Å². The molecule has 0 fully saturated rings. The molecule has 0 atom stereocenters. The van der Waals surface area contributed by atoms with Gasteiger partial charge in [0.1, 0.15) is 0 Å². The molecular weight excluding hydrogens is 222 g/mol. The van der Waals surface area contributed by atoms with E-state index in [1.807, 2.05) is 0 Å². The van der Waals surface area contributed by atoms with Gasteiger partial charge in [-0.1, -0.05) is 6.07 Å². The maximum atomic E-state index is 11.3. The molecule has 0 saturated heterocycles. The molecule has 6 nitrogen and oxygen atoms in total. The van der Waals surface area contributed by atoms with Crippen LogP contribution in [0.5, 0.6) is 0 Å². The zero-order chi connectivity index (χ0) is 11.4. The van der Waals surface area contributed by atoms with Crippen molar-refractivity contribution in [1.29, 1.82) is 0 Å². The van der Waals surface area contributed by atoms with Crippen LogP contribution in [0.25, 0.3) is 0 Å². The lowest BCUT2D eigenvalue weighted by Gasteiger charge is -1.90. The molecule has 0 bridgehead atoms. The van der Waals surface area contributed by atoms with Gasteiger partial charge in [0, 0.05) is 0 Å². The lowest BCUT2D eigenvalue weighted by atomic mass is 10.2. The average Bonchev–Trinajstić information content (AvgIpc) is 2.65. The molecule has 0 radical (unpaired) electrons. The number of carboxylic acid groups (broad SMARTS) is 1. The molecule has 78 valence electrons. The molecule has 1 aromatic rings. The minimum atomic E-state index is -1.73. The van der Waals surface area contributed by atoms with Gasteiger partial charge in [-0.25, -0.2) is 4.79 Å². The van der Waals surface area contributed by atoms with Crippen LogP contribution in [0.2, 0.25) is 0 Å². The van der Waals surface area contributed by atoms with Crippen molar-refractivity contribution in [2.24, 2.45) is 0 Å². The second kappa shape index (κ2) is 4.47. The van der Waals surface area contributed by atoms with Crippen LogP contribution >= 0.6 is 11.3 Å². The Bertz CT molecular complexity index is 418. The van der Waals surface area contributed by atoms with Crippen LogP contribution in [0.4, 0.5) is 0 Å². The maximum absolute atomic E-state index is 11.3. The van der Waals surface area contributed by atoms with Gasteiger partial charge in [0.05, 0.1) is 15.9 Å². The Hall–Kier alpha value is -2.02. The van der Waals surface area contributed by atoms with E-state index in [0.29, 0.717) is 6.08 Å². The van der Waals surface area contributed by atoms with E-state index in [0.717, 1.165) is 11.3 Å². The largest absolute Gasteiger partial charge is 0.473 e. The highest BCUT2D eigenvalue weighted by atomic mass is 32.1. The predicted molar refractivity (Wildman–Crippen MR) is 51.4 cm³/mol. The molecule has 0 aromatic carbocycles. The standard InChI is InChI=1S/C8H5NO5S/c10-6(7-2-1-3-15-7)4-5(8(11)12)9(13)14/h1-4H,(H,11,12). The van der Waals surface area contributed by atoms with Gasteiger partial charge < -0.3 is 5.11 Å². The van der Waals surface area contributed by atoms with E-state index in [4.69, 9.17) is 5.11 Å². The highest BCUT2D eigenvalue weighted by molar-refractivity contribution is 7.12. The third-order valence-electron chi connectivity index (χ3n) is 1.45. The van der Waals surface area contributed by atoms with E-state index in [1.54, 1.807) is 11.4 Å². The lowest BCUT2D eigenvalue weighted by Crippen LogP contribution is -2.12. The van der Waals surface area contributed by atoms with E-state index in [9.17, 15) is 19.7 Å². The Morgan fingerprint density at radius 3 is 2.60 bits per heavy atom. The molecular formula is C8H5NO5S. The molecule has 15 heavy (non-hydrogen) atoms. The first-order chi connectivity index (χ1) is 7.02. The number of nitrogens with zero attached hydrogens (tertiary/aromatic N) is 1. The molecule has 1 aromatic heterocycles. The minimum absolute atomic E-state index is 0.260. The molecule has 1 heterocycles. The van der Waals surface area contributed by atoms with Crippen molar-refractivity contribution in [3.05, 3.63) is 44.3 Å². The van der Waals surface area contributed by atoms with Crippen molar-refractivity contribution in [1.82, 2.24) is 0 Å². The number of hydrogen-bond donors (Lipinski definition) is 1. The Balaban J connectivity index is 2.99. The van der Waals surface area contributed by atoms with Gasteiger partial charge in [0.2, 0.25) is 5.78 Å². The van der Waals surface area contributed by atoms with Gasteiger partial charge >= 0.3 is 11.7 Å². The number of ketones is 1. The van der Waals surface area contributed by atoms with Crippen molar-refractivity contribution in [3.63, 3.8) is 0 Å². The fraction of sp³-hybridized carbons (Fsp3) is 0. The number of nitro groups is 1. The first kappa shape index (κ1) is 11.1. The number of aliphatic carboxylic acids is 1. The Kier molecular flexibility index (Phi) is 3.29. The van der Waals surface area contributed by atoms with Crippen LogP contribution in [-0.2, 0) is 4.79 Å². The summed E-state index contributed by atoms with van der Waals surface area (Å²) in [6.45, 7) is 0.